The van der Waals surface area contributed by atoms with Crippen LogP contribution in [0.3, 0.4) is 0 Å². The lowest BCUT2D eigenvalue weighted by atomic mass is 9.75. The average Bonchev–Trinajstić information content (AvgIpc) is 3.66. The van der Waals surface area contributed by atoms with E-state index < -0.39 is 17.4 Å². The number of hydrogen-bond acceptors (Lipinski definition) is 5. The van der Waals surface area contributed by atoms with Crippen LogP contribution < -0.4 is 0 Å². The quantitative estimate of drug-likeness (QED) is 0.304. The van der Waals surface area contributed by atoms with Crippen LogP contribution in [0.4, 0.5) is 4.39 Å². The maximum absolute atomic E-state index is 14.2. The number of benzene rings is 2. The minimum atomic E-state index is -1.43. The van der Waals surface area contributed by atoms with Crippen LogP contribution in [0.2, 0.25) is 0 Å². The summed E-state index contributed by atoms with van der Waals surface area (Å²) in [4.78, 5) is 49.5. The molecule has 0 N–H and O–H groups in total. The Morgan fingerprint density at radius 1 is 1.02 bits per heavy atom. The Labute approximate surface area is 249 Å². The van der Waals surface area contributed by atoms with E-state index in [-0.39, 0.29) is 30.0 Å². The fourth-order valence-corrected chi connectivity index (χ4v) is 6.96. The van der Waals surface area contributed by atoms with E-state index in [0.29, 0.717) is 36.3 Å². The second kappa shape index (κ2) is 11.1. The van der Waals surface area contributed by atoms with Gasteiger partial charge >= 0.3 is 5.97 Å². The van der Waals surface area contributed by atoms with Gasteiger partial charge in [0, 0.05) is 50.4 Å². The van der Waals surface area contributed by atoms with Crippen molar-refractivity contribution in [1.29, 1.82) is 0 Å². The van der Waals surface area contributed by atoms with Crippen LogP contribution in [0, 0.1) is 11.7 Å². The molecule has 0 saturated carbocycles. The zero-order chi connectivity index (χ0) is 30.3. The second-order valence-electron chi connectivity index (χ2n) is 11.5. The van der Waals surface area contributed by atoms with E-state index in [4.69, 9.17) is 4.74 Å². The minimum absolute atomic E-state index is 0.101. The van der Waals surface area contributed by atoms with E-state index in [1.54, 1.807) is 61.6 Å². The van der Waals surface area contributed by atoms with Crippen molar-refractivity contribution in [2.75, 3.05) is 27.7 Å². The first-order valence-electron chi connectivity index (χ1n) is 14.3. The Bertz CT molecular complexity index is 1670. The van der Waals surface area contributed by atoms with Crippen molar-refractivity contribution >= 4 is 17.8 Å². The molecule has 4 aromatic rings. The van der Waals surface area contributed by atoms with Crippen molar-refractivity contribution in [1.82, 2.24) is 19.4 Å². The molecule has 0 spiro atoms. The monoisotopic (exact) mass is 580 g/mol. The fraction of sp³-hybridized carbons (Fsp3) is 0.294. The first-order valence-corrected chi connectivity index (χ1v) is 14.3. The standard InChI is InChI=1S/C34H33FN4O4/c1-37(2)32(41)29-18-27-28(38(29)21-26-11-7-8-16-36-26)17-24-20-39(31(40)23-9-5-4-6-10-23)34(30(24)27,33(42)43-3)19-22-12-14-25(35)15-13-22/h4-16,18,24,30H,17,19-21H2,1-3H3/t24-,30+,34+/m0/s1. The number of hydrogen-bond donors (Lipinski definition) is 0. The topological polar surface area (TPSA) is 84.7 Å². The van der Waals surface area contributed by atoms with Crippen molar-refractivity contribution < 1.29 is 23.5 Å². The van der Waals surface area contributed by atoms with Gasteiger partial charge in [-0.2, -0.15) is 0 Å². The van der Waals surface area contributed by atoms with Crippen LogP contribution in [0.1, 0.15) is 49.3 Å². The molecule has 8 nitrogen and oxygen atoms in total. The molecule has 43 heavy (non-hydrogen) atoms. The minimum Gasteiger partial charge on any atom is -0.467 e. The Morgan fingerprint density at radius 2 is 1.74 bits per heavy atom. The number of rotatable bonds is 7. The van der Waals surface area contributed by atoms with Gasteiger partial charge in [0.2, 0.25) is 0 Å². The summed E-state index contributed by atoms with van der Waals surface area (Å²) in [6.45, 7) is 0.713. The lowest BCUT2D eigenvalue weighted by Crippen LogP contribution is -2.58. The molecule has 1 aliphatic carbocycles. The second-order valence-corrected chi connectivity index (χ2v) is 11.5. The summed E-state index contributed by atoms with van der Waals surface area (Å²) in [7, 11) is 4.74. The number of fused-ring (bicyclic) bond motifs is 3. The molecule has 9 heteroatoms. The molecule has 2 amide bonds. The number of pyridine rings is 1. The van der Waals surface area contributed by atoms with Gasteiger partial charge in [0.15, 0.2) is 5.54 Å². The lowest BCUT2D eigenvalue weighted by Gasteiger charge is -2.40. The lowest BCUT2D eigenvalue weighted by molar-refractivity contribution is -0.153. The third-order valence-corrected chi connectivity index (χ3v) is 8.78. The third-order valence-electron chi connectivity index (χ3n) is 8.78. The molecule has 3 atom stereocenters. The van der Waals surface area contributed by atoms with Gasteiger partial charge in [-0.1, -0.05) is 36.4 Å². The van der Waals surface area contributed by atoms with Crippen LogP contribution in [0.15, 0.2) is 85.1 Å². The number of halogens is 1. The van der Waals surface area contributed by atoms with Gasteiger partial charge in [-0.3, -0.25) is 14.6 Å². The van der Waals surface area contributed by atoms with Crippen LogP contribution in [0.25, 0.3) is 0 Å². The number of carbonyl (C=O) groups is 3. The zero-order valence-electron chi connectivity index (χ0n) is 24.4. The van der Waals surface area contributed by atoms with Gasteiger partial charge in [-0.15, -0.1) is 0 Å². The van der Waals surface area contributed by atoms with E-state index in [0.717, 1.165) is 17.0 Å². The summed E-state index contributed by atoms with van der Waals surface area (Å²) in [5, 5.41) is 0. The molecule has 2 aromatic carbocycles. The molecular formula is C34H33FN4O4. The molecule has 220 valence electrons. The highest BCUT2D eigenvalue weighted by atomic mass is 19.1. The van der Waals surface area contributed by atoms with Gasteiger partial charge < -0.3 is 19.1 Å². The number of methoxy groups -OCH3 is 1. The molecular weight excluding hydrogens is 547 g/mol. The largest absolute Gasteiger partial charge is 0.467 e. The van der Waals surface area contributed by atoms with Crippen LogP contribution in [-0.2, 0) is 28.9 Å². The smallest absolute Gasteiger partial charge is 0.332 e. The van der Waals surface area contributed by atoms with Crippen LogP contribution in [0.5, 0.6) is 0 Å². The van der Waals surface area contributed by atoms with Crippen molar-refractivity contribution in [3.05, 3.63) is 125 Å². The van der Waals surface area contributed by atoms with E-state index in [1.165, 1.54) is 24.1 Å². The summed E-state index contributed by atoms with van der Waals surface area (Å²) >= 11 is 0. The molecule has 1 fully saturated rings. The average molecular weight is 581 g/mol. The molecule has 2 aromatic heterocycles. The molecule has 6 rings (SSSR count). The Balaban J connectivity index is 1.54. The summed E-state index contributed by atoms with van der Waals surface area (Å²) in [5.74, 6) is -1.93. The van der Waals surface area contributed by atoms with E-state index in [1.807, 2.05) is 34.9 Å². The van der Waals surface area contributed by atoms with E-state index in [9.17, 15) is 18.8 Å². The summed E-state index contributed by atoms with van der Waals surface area (Å²) < 4.78 is 21.4. The number of nitrogens with zero attached hydrogens (tertiary/aromatic N) is 4. The molecule has 0 radical (unpaired) electrons. The molecule has 1 aliphatic heterocycles. The van der Waals surface area contributed by atoms with Gasteiger partial charge in [0.25, 0.3) is 11.8 Å². The normalized spacial score (nSPS) is 20.4. The number of aromatic nitrogens is 2. The van der Waals surface area contributed by atoms with Gasteiger partial charge in [0.1, 0.15) is 11.5 Å². The Hall–Kier alpha value is -4.79. The fourth-order valence-electron chi connectivity index (χ4n) is 6.96. The van der Waals surface area contributed by atoms with E-state index >= 15 is 0 Å². The number of ether oxygens (including phenoxy) is 1. The van der Waals surface area contributed by atoms with E-state index in [2.05, 4.69) is 4.98 Å². The van der Waals surface area contributed by atoms with Crippen molar-refractivity contribution in [2.24, 2.45) is 5.92 Å². The predicted octanol–water partition coefficient (Wildman–Crippen LogP) is 4.34. The molecule has 2 aliphatic rings. The number of amides is 2. The van der Waals surface area contributed by atoms with Crippen LogP contribution in [-0.4, -0.2) is 70.4 Å². The number of esters is 1. The van der Waals surface area contributed by atoms with Crippen molar-refractivity contribution in [2.45, 2.75) is 30.8 Å². The number of carbonyl (C=O) groups excluding carboxylic acids is 3. The molecule has 0 unspecified atom stereocenters. The highest BCUT2D eigenvalue weighted by Gasteiger charge is 2.64. The molecule has 0 bridgehead atoms. The molecule has 3 heterocycles. The van der Waals surface area contributed by atoms with Crippen LogP contribution >= 0.6 is 0 Å². The predicted molar refractivity (Wildman–Crippen MR) is 158 cm³/mol. The van der Waals surface area contributed by atoms with Crippen molar-refractivity contribution in [3.63, 3.8) is 0 Å². The zero-order valence-corrected chi connectivity index (χ0v) is 24.4. The summed E-state index contributed by atoms with van der Waals surface area (Å²) in [5.41, 5.74) is 2.83. The van der Waals surface area contributed by atoms with Crippen molar-refractivity contribution in [3.8, 4) is 0 Å². The van der Waals surface area contributed by atoms with Gasteiger partial charge in [-0.25, -0.2) is 9.18 Å². The maximum atomic E-state index is 14.2. The SMILES string of the molecule is COC(=O)[C@@]1(Cc2ccc(F)cc2)[C@H]2c3cc(C(=O)N(C)C)n(Cc4ccccn4)c3C[C@H]2CN1C(=O)c1ccccc1. The summed E-state index contributed by atoms with van der Waals surface area (Å²) in [6.07, 6.45) is 2.41. The Kier molecular flexibility index (Phi) is 7.33. The van der Waals surface area contributed by atoms with Gasteiger partial charge in [0.05, 0.1) is 19.3 Å². The highest BCUT2D eigenvalue weighted by Crippen LogP contribution is 2.55. The van der Waals surface area contributed by atoms with Gasteiger partial charge in [-0.05, 0) is 65.9 Å². The first-order chi connectivity index (χ1) is 20.7. The first kappa shape index (κ1) is 28.3. The highest BCUT2D eigenvalue weighted by molar-refractivity contribution is 6.00. The maximum Gasteiger partial charge on any atom is 0.332 e. The third kappa shape index (κ3) is 4.78. The molecule has 1 saturated heterocycles. The summed E-state index contributed by atoms with van der Waals surface area (Å²) in [6, 6.07) is 22.4. The Morgan fingerprint density at radius 3 is 2.40 bits per heavy atom. The number of likely N-dealkylation sites (tertiary alicyclic amines) is 1.